The molecular formula is C17H22N2O5S. The van der Waals surface area contributed by atoms with E-state index in [-0.39, 0.29) is 17.5 Å². The summed E-state index contributed by atoms with van der Waals surface area (Å²) in [5.41, 5.74) is 0.404. The molecule has 0 radical (unpaired) electrons. The zero-order chi connectivity index (χ0) is 18.0. The van der Waals surface area contributed by atoms with E-state index in [0.29, 0.717) is 23.9 Å². The number of nitrogens with one attached hydrogen (secondary N) is 1. The lowest BCUT2D eigenvalue weighted by Crippen LogP contribution is -2.23. The molecule has 8 heteroatoms. The second-order valence-electron chi connectivity index (χ2n) is 6.92. The number of ether oxygens (including phenoxy) is 1. The maximum Gasteiger partial charge on any atom is 0.306 e. The Hall–Kier alpha value is -1.93. The lowest BCUT2D eigenvalue weighted by atomic mass is 9.86. The monoisotopic (exact) mass is 366 g/mol. The minimum atomic E-state index is -3.77. The number of amides is 1. The molecule has 1 aromatic carbocycles. The Bertz CT molecular complexity index is 760. The molecular weight excluding hydrogens is 344 g/mol. The number of benzene rings is 1. The van der Waals surface area contributed by atoms with Crippen molar-refractivity contribution in [3.05, 3.63) is 24.3 Å². The zero-order valence-corrected chi connectivity index (χ0v) is 14.6. The number of hydrogen-bond donors (Lipinski definition) is 2. The van der Waals surface area contributed by atoms with E-state index in [1.165, 1.54) is 43.5 Å². The number of anilines is 1. The Balaban J connectivity index is 1.42. The lowest BCUT2D eigenvalue weighted by molar-refractivity contribution is -0.148. The third-order valence-electron chi connectivity index (χ3n) is 5.14. The van der Waals surface area contributed by atoms with E-state index in [1.54, 1.807) is 0 Å². The van der Waals surface area contributed by atoms with Gasteiger partial charge in [-0.2, -0.15) is 0 Å². The molecule has 136 valence electrons. The molecule has 2 aliphatic carbocycles. The van der Waals surface area contributed by atoms with E-state index in [0.717, 1.165) is 12.3 Å². The summed E-state index contributed by atoms with van der Waals surface area (Å²) in [6.45, 7) is -0.351. The first-order chi connectivity index (χ1) is 11.8. The Morgan fingerprint density at radius 2 is 1.88 bits per heavy atom. The van der Waals surface area contributed by atoms with Crippen LogP contribution in [0.3, 0.4) is 0 Å². The quantitative estimate of drug-likeness (QED) is 0.743. The van der Waals surface area contributed by atoms with E-state index in [9.17, 15) is 18.0 Å². The average Bonchev–Trinajstić information content (AvgIpc) is 3.15. The van der Waals surface area contributed by atoms with E-state index in [4.69, 9.17) is 9.88 Å². The van der Waals surface area contributed by atoms with Gasteiger partial charge in [-0.25, -0.2) is 13.6 Å². The minimum Gasteiger partial charge on any atom is -0.456 e. The predicted molar refractivity (Wildman–Crippen MR) is 91.0 cm³/mol. The normalized spacial score (nSPS) is 24.9. The van der Waals surface area contributed by atoms with Gasteiger partial charge in [0.15, 0.2) is 6.61 Å². The van der Waals surface area contributed by atoms with Gasteiger partial charge in [0, 0.05) is 12.1 Å². The molecule has 0 heterocycles. The molecule has 0 unspecified atom stereocenters. The van der Waals surface area contributed by atoms with Gasteiger partial charge in [0.2, 0.25) is 10.0 Å². The number of nitrogens with two attached hydrogens (primary N) is 1. The summed E-state index contributed by atoms with van der Waals surface area (Å²) in [5, 5.41) is 7.55. The SMILES string of the molecule is NS(=O)(=O)c1ccc(NC(=O)COC(=O)C[C@@H]2C[C@@H]3CC[C@@H]2C3)cc1. The number of rotatable bonds is 6. The number of esters is 1. The fourth-order valence-corrected chi connectivity index (χ4v) is 4.49. The highest BCUT2D eigenvalue weighted by atomic mass is 32.2. The van der Waals surface area contributed by atoms with Gasteiger partial charge in [-0.15, -0.1) is 0 Å². The molecule has 0 aromatic heterocycles. The van der Waals surface area contributed by atoms with Gasteiger partial charge >= 0.3 is 5.97 Å². The average molecular weight is 366 g/mol. The van der Waals surface area contributed by atoms with Gasteiger partial charge in [-0.1, -0.05) is 6.42 Å². The second kappa shape index (κ2) is 7.13. The standard InChI is InChI=1S/C17H22N2O5S/c18-25(22,23)15-5-3-14(4-6-15)19-16(20)10-24-17(21)9-13-8-11-1-2-12(13)7-11/h3-6,11-13H,1-2,7-10H2,(H,19,20)(H2,18,22,23)/t11-,12-,13+/m1/s1. The summed E-state index contributed by atoms with van der Waals surface area (Å²) in [5.74, 6) is 1.01. The summed E-state index contributed by atoms with van der Waals surface area (Å²) in [7, 11) is -3.77. The van der Waals surface area contributed by atoms with E-state index >= 15 is 0 Å². The van der Waals surface area contributed by atoms with Crippen molar-refractivity contribution in [2.75, 3.05) is 11.9 Å². The molecule has 0 spiro atoms. The van der Waals surface area contributed by atoms with Crippen LogP contribution in [0.4, 0.5) is 5.69 Å². The Morgan fingerprint density at radius 3 is 2.44 bits per heavy atom. The summed E-state index contributed by atoms with van der Waals surface area (Å²) < 4.78 is 27.4. The maximum atomic E-state index is 11.9. The highest BCUT2D eigenvalue weighted by Gasteiger charge is 2.40. The van der Waals surface area contributed by atoms with Crippen LogP contribution < -0.4 is 10.5 Å². The summed E-state index contributed by atoms with van der Waals surface area (Å²) >= 11 is 0. The topological polar surface area (TPSA) is 116 Å². The molecule has 3 atom stereocenters. The number of primary sulfonamides is 1. The van der Waals surface area contributed by atoms with Crippen molar-refractivity contribution in [1.82, 2.24) is 0 Å². The Morgan fingerprint density at radius 1 is 1.16 bits per heavy atom. The van der Waals surface area contributed by atoms with Crippen molar-refractivity contribution in [3.63, 3.8) is 0 Å². The number of fused-ring (bicyclic) bond motifs is 2. The summed E-state index contributed by atoms with van der Waals surface area (Å²) in [4.78, 5) is 23.7. The van der Waals surface area contributed by atoms with Crippen molar-refractivity contribution in [1.29, 1.82) is 0 Å². The van der Waals surface area contributed by atoms with Crippen molar-refractivity contribution < 1.29 is 22.7 Å². The van der Waals surface area contributed by atoms with Crippen LogP contribution in [-0.2, 0) is 24.3 Å². The fourth-order valence-electron chi connectivity index (χ4n) is 3.97. The van der Waals surface area contributed by atoms with Gasteiger partial charge in [0.1, 0.15) is 0 Å². The Labute approximate surface area is 147 Å². The first kappa shape index (κ1) is 17.9. The van der Waals surface area contributed by atoms with Gasteiger partial charge < -0.3 is 10.1 Å². The van der Waals surface area contributed by atoms with Crippen molar-refractivity contribution in [2.45, 2.75) is 37.0 Å². The molecule has 25 heavy (non-hydrogen) atoms. The predicted octanol–water partition coefficient (Wildman–Crippen LogP) is 1.64. The van der Waals surface area contributed by atoms with Crippen LogP contribution in [0.15, 0.2) is 29.2 Å². The van der Waals surface area contributed by atoms with Crippen LogP contribution in [-0.4, -0.2) is 26.9 Å². The number of hydrogen-bond acceptors (Lipinski definition) is 5. The molecule has 3 N–H and O–H groups in total. The number of carbonyl (C=O) groups excluding carboxylic acids is 2. The van der Waals surface area contributed by atoms with Crippen LogP contribution in [0.2, 0.25) is 0 Å². The first-order valence-electron chi connectivity index (χ1n) is 8.39. The molecule has 1 aromatic rings. The van der Waals surface area contributed by atoms with Gasteiger partial charge in [0.05, 0.1) is 4.90 Å². The van der Waals surface area contributed by atoms with Crippen LogP contribution in [0.25, 0.3) is 0 Å². The molecule has 0 saturated heterocycles. The molecule has 2 fully saturated rings. The summed E-state index contributed by atoms with van der Waals surface area (Å²) in [6, 6.07) is 5.45. The molecule has 2 saturated carbocycles. The third-order valence-corrected chi connectivity index (χ3v) is 6.07. The minimum absolute atomic E-state index is 0.0391. The maximum absolute atomic E-state index is 11.9. The van der Waals surface area contributed by atoms with Crippen LogP contribution in [0, 0.1) is 17.8 Å². The van der Waals surface area contributed by atoms with Gasteiger partial charge in [-0.05, 0) is 61.3 Å². The fraction of sp³-hybridized carbons (Fsp3) is 0.529. The second-order valence-corrected chi connectivity index (χ2v) is 8.48. The molecule has 1 amide bonds. The van der Waals surface area contributed by atoms with Crippen molar-refractivity contribution in [3.8, 4) is 0 Å². The van der Waals surface area contributed by atoms with E-state index in [2.05, 4.69) is 5.32 Å². The van der Waals surface area contributed by atoms with Gasteiger partial charge in [-0.3, -0.25) is 9.59 Å². The number of sulfonamides is 1. The smallest absolute Gasteiger partial charge is 0.306 e. The largest absolute Gasteiger partial charge is 0.456 e. The first-order valence-corrected chi connectivity index (χ1v) is 9.94. The Kier molecular flexibility index (Phi) is 5.10. The molecule has 3 rings (SSSR count). The highest BCUT2D eigenvalue weighted by Crippen LogP contribution is 2.49. The molecule has 0 aliphatic heterocycles. The summed E-state index contributed by atoms with van der Waals surface area (Å²) in [6.07, 6.45) is 5.20. The van der Waals surface area contributed by atoms with Crippen molar-refractivity contribution in [2.24, 2.45) is 22.9 Å². The van der Waals surface area contributed by atoms with E-state index in [1.807, 2.05) is 0 Å². The van der Waals surface area contributed by atoms with Gasteiger partial charge in [0.25, 0.3) is 5.91 Å². The third kappa shape index (κ3) is 4.58. The highest BCUT2D eigenvalue weighted by molar-refractivity contribution is 7.89. The van der Waals surface area contributed by atoms with E-state index < -0.39 is 15.9 Å². The van der Waals surface area contributed by atoms with Crippen LogP contribution in [0.1, 0.15) is 32.1 Å². The lowest BCUT2D eigenvalue weighted by Gasteiger charge is -2.20. The zero-order valence-electron chi connectivity index (χ0n) is 13.8. The molecule has 2 bridgehead atoms. The van der Waals surface area contributed by atoms with Crippen molar-refractivity contribution >= 4 is 27.6 Å². The molecule has 7 nitrogen and oxygen atoms in total. The number of carbonyl (C=O) groups is 2. The van der Waals surface area contributed by atoms with Crippen LogP contribution in [0.5, 0.6) is 0 Å². The molecule has 2 aliphatic rings. The van der Waals surface area contributed by atoms with Crippen LogP contribution >= 0.6 is 0 Å².